The van der Waals surface area contributed by atoms with Crippen molar-refractivity contribution in [3.05, 3.63) is 29.8 Å². The van der Waals surface area contributed by atoms with Crippen molar-refractivity contribution < 1.29 is 13.5 Å². The fourth-order valence-electron chi connectivity index (χ4n) is 2.96. The van der Waals surface area contributed by atoms with Crippen molar-refractivity contribution in [3.63, 3.8) is 0 Å². The molecule has 2 N–H and O–H groups in total. The van der Waals surface area contributed by atoms with Crippen LogP contribution in [0, 0.1) is 11.8 Å². The molecular weight excluding hydrogens is 286 g/mol. The van der Waals surface area contributed by atoms with Crippen LogP contribution in [0.2, 0.25) is 0 Å². The standard InChI is InChI=1S/C16H25NO3S/c1-13-4-2-3-5-15(13)12-17-21(19,20)16-8-6-14(7-9-16)10-11-18/h6-9,13,15,17-18H,2-5,10-12H2,1H3. The van der Waals surface area contributed by atoms with Crippen molar-refractivity contribution in [2.45, 2.75) is 43.9 Å². The van der Waals surface area contributed by atoms with E-state index in [9.17, 15) is 8.42 Å². The normalized spacial score (nSPS) is 23.1. The maximum absolute atomic E-state index is 12.3. The molecule has 1 aromatic carbocycles. The van der Waals surface area contributed by atoms with Gasteiger partial charge in [0.05, 0.1) is 4.90 Å². The monoisotopic (exact) mass is 311 g/mol. The zero-order valence-electron chi connectivity index (χ0n) is 12.6. The van der Waals surface area contributed by atoms with Crippen LogP contribution in [0.15, 0.2) is 29.2 Å². The molecule has 0 heterocycles. The van der Waals surface area contributed by atoms with E-state index in [2.05, 4.69) is 11.6 Å². The predicted octanol–water partition coefficient (Wildman–Crippen LogP) is 2.33. The molecule has 2 unspecified atom stereocenters. The second-order valence-electron chi connectivity index (χ2n) is 5.99. The molecule has 4 nitrogen and oxygen atoms in total. The van der Waals surface area contributed by atoms with Crippen LogP contribution >= 0.6 is 0 Å². The van der Waals surface area contributed by atoms with Crippen molar-refractivity contribution in [2.24, 2.45) is 11.8 Å². The molecule has 0 aromatic heterocycles. The average Bonchev–Trinajstić information content (AvgIpc) is 2.47. The molecule has 2 atom stereocenters. The van der Waals surface area contributed by atoms with Gasteiger partial charge in [-0.05, 0) is 42.4 Å². The van der Waals surface area contributed by atoms with Gasteiger partial charge in [0, 0.05) is 13.2 Å². The largest absolute Gasteiger partial charge is 0.396 e. The molecule has 0 spiro atoms. The first-order valence-corrected chi connectivity index (χ1v) is 9.20. The minimum Gasteiger partial charge on any atom is -0.396 e. The number of benzene rings is 1. The van der Waals surface area contributed by atoms with Gasteiger partial charge in [-0.2, -0.15) is 0 Å². The van der Waals surface area contributed by atoms with Gasteiger partial charge in [0.25, 0.3) is 0 Å². The third-order valence-corrected chi connectivity index (χ3v) is 5.90. The predicted molar refractivity (Wildman–Crippen MR) is 83.5 cm³/mol. The first kappa shape index (κ1) is 16.5. The van der Waals surface area contributed by atoms with Gasteiger partial charge >= 0.3 is 0 Å². The van der Waals surface area contributed by atoms with Gasteiger partial charge < -0.3 is 5.11 Å². The first-order valence-electron chi connectivity index (χ1n) is 7.72. The Bertz CT molecular complexity index is 539. The lowest BCUT2D eigenvalue weighted by Crippen LogP contribution is -2.33. The summed E-state index contributed by atoms with van der Waals surface area (Å²) in [5.41, 5.74) is 0.942. The quantitative estimate of drug-likeness (QED) is 0.847. The van der Waals surface area contributed by atoms with Gasteiger partial charge in [0.2, 0.25) is 10.0 Å². The van der Waals surface area contributed by atoms with E-state index < -0.39 is 10.0 Å². The molecule has 1 saturated carbocycles. The highest BCUT2D eigenvalue weighted by atomic mass is 32.2. The van der Waals surface area contributed by atoms with Crippen LogP contribution in [0.4, 0.5) is 0 Å². The number of aliphatic hydroxyl groups excluding tert-OH is 1. The van der Waals surface area contributed by atoms with Gasteiger partial charge in [-0.25, -0.2) is 13.1 Å². The van der Waals surface area contributed by atoms with Crippen LogP contribution in [0.25, 0.3) is 0 Å². The lowest BCUT2D eigenvalue weighted by molar-refractivity contribution is 0.257. The SMILES string of the molecule is CC1CCCCC1CNS(=O)(=O)c1ccc(CCO)cc1. The van der Waals surface area contributed by atoms with E-state index in [0.29, 0.717) is 29.7 Å². The smallest absolute Gasteiger partial charge is 0.240 e. The molecule has 1 fully saturated rings. The molecule has 0 amide bonds. The van der Waals surface area contributed by atoms with Gasteiger partial charge in [-0.15, -0.1) is 0 Å². The zero-order valence-corrected chi connectivity index (χ0v) is 13.4. The molecule has 1 aromatic rings. The summed E-state index contributed by atoms with van der Waals surface area (Å²) in [7, 11) is -3.43. The molecule has 5 heteroatoms. The van der Waals surface area contributed by atoms with Gasteiger partial charge in [-0.1, -0.05) is 38.3 Å². The van der Waals surface area contributed by atoms with Gasteiger partial charge in [-0.3, -0.25) is 0 Å². The Morgan fingerprint density at radius 3 is 2.48 bits per heavy atom. The minimum atomic E-state index is -3.43. The van der Waals surface area contributed by atoms with Gasteiger partial charge in [0.15, 0.2) is 0 Å². The summed E-state index contributed by atoms with van der Waals surface area (Å²) in [5, 5.41) is 8.87. The summed E-state index contributed by atoms with van der Waals surface area (Å²) >= 11 is 0. The summed E-state index contributed by atoms with van der Waals surface area (Å²) in [5.74, 6) is 1.04. The van der Waals surface area contributed by atoms with Crippen LogP contribution in [-0.4, -0.2) is 26.7 Å². The Morgan fingerprint density at radius 1 is 1.19 bits per heavy atom. The number of aliphatic hydroxyl groups is 1. The van der Waals surface area contributed by atoms with Crippen molar-refractivity contribution in [1.82, 2.24) is 4.72 Å². The Labute approximate surface area is 127 Å². The van der Waals surface area contributed by atoms with E-state index in [0.717, 1.165) is 12.0 Å². The van der Waals surface area contributed by atoms with E-state index in [1.165, 1.54) is 19.3 Å². The lowest BCUT2D eigenvalue weighted by atomic mass is 9.81. The summed E-state index contributed by atoms with van der Waals surface area (Å²) in [6.07, 6.45) is 5.32. The maximum Gasteiger partial charge on any atom is 0.240 e. The number of rotatable bonds is 6. The first-order chi connectivity index (χ1) is 10.0. The molecule has 0 aliphatic heterocycles. The van der Waals surface area contributed by atoms with Crippen molar-refractivity contribution in [2.75, 3.05) is 13.2 Å². The second kappa shape index (κ2) is 7.38. The van der Waals surface area contributed by atoms with E-state index in [-0.39, 0.29) is 6.61 Å². The molecule has 21 heavy (non-hydrogen) atoms. The van der Waals surface area contributed by atoms with Crippen LogP contribution in [0.3, 0.4) is 0 Å². The Balaban J connectivity index is 1.97. The molecular formula is C16H25NO3S. The molecule has 0 saturated heterocycles. The third-order valence-electron chi connectivity index (χ3n) is 4.46. The fraction of sp³-hybridized carbons (Fsp3) is 0.625. The summed E-state index contributed by atoms with van der Waals surface area (Å²) in [4.78, 5) is 0.299. The Morgan fingerprint density at radius 2 is 1.86 bits per heavy atom. The van der Waals surface area contributed by atoms with E-state index in [4.69, 9.17) is 5.11 Å². The number of sulfonamides is 1. The third kappa shape index (κ3) is 4.53. The minimum absolute atomic E-state index is 0.0733. The topological polar surface area (TPSA) is 66.4 Å². The molecule has 1 aliphatic rings. The molecule has 2 rings (SSSR count). The number of hydrogen-bond donors (Lipinski definition) is 2. The average molecular weight is 311 g/mol. The highest BCUT2D eigenvalue weighted by molar-refractivity contribution is 7.89. The number of nitrogens with one attached hydrogen (secondary N) is 1. The lowest BCUT2D eigenvalue weighted by Gasteiger charge is -2.28. The summed E-state index contributed by atoms with van der Waals surface area (Å²) < 4.78 is 27.3. The Hall–Kier alpha value is -0.910. The van der Waals surface area contributed by atoms with E-state index in [1.807, 2.05) is 0 Å². The molecule has 118 valence electrons. The molecule has 1 aliphatic carbocycles. The zero-order chi connectivity index (χ0) is 15.3. The van der Waals surface area contributed by atoms with Crippen molar-refractivity contribution in [3.8, 4) is 0 Å². The van der Waals surface area contributed by atoms with Crippen LogP contribution < -0.4 is 4.72 Å². The fourth-order valence-corrected chi connectivity index (χ4v) is 4.06. The molecule has 0 radical (unpaired) electrons. The second-order valence-corrected chi connectivity index (χ2v) is 7.76. The summed E-state index contributed by atoms with van der Waals surface area (Å²) in [6.45, 7) is 2.81. The van der Waals surface area contributed by atoms with Crippen LogP contribution in [0.1, 0.15) is 38.2 Å². The molecule has 0 bridgehead atoms. The Kier molecular flexibility index (Phi) is 5.79. The summed E-state index contributed by atoms with van der Waals surface area (Å²) in [6, 6.07) is 6.73. The highest BCUT2D eigenvalue weighted by Crippen LogP contribution is 2.29. The van der Waals surface area contributed by atoms with Crippen LogP contribution in [-0.2, 0) is 16.4 Å². The number of hydrogen-bond acceptors (Lipinski definition) is 3. The van der Waals surface area contributed by atoms with E-state index in [1.54, 1.807) is 24.3 Å². The van der Waals surface area contributed by atoms with Crippen molar-refractivity contribution >= 4 is 10.0 Å². The van der Waals surface area contributed by atoms with Gasteiger partial charge in [0.1, 0.15) is 0 Å². The van der Waals surface area contributed by atoms with Crippen molar-refractivity contribution in [1.29, 1.82) is 0 Å². The highest BCUT2D eigenvalue weighted by Gasteiger charge is 2.23. The maximum atomic E-state index is 12.3. The van der Waals surface area contributed by atoms with E-state index >= 15 is 0 Å². The van der Waals surface area contributed by atoms with Crippen LogP contribution in [0.5, 0.6) is 0 Å².